The van der Waals surface area contributed by atoms with Gasteiger partial charge >= 0.3 is 0 Å². The highest BCUT2D eigenvalue weighted by molar-refractivity contribution is 6.32. The SMILES string of the molecule is CCOc1ccc(CNCCCn2ccnc2)cc1Cl.Cl.Cl. The number of imidazole rings is 1. The van der Waals surface area contributed by atoms with Crippen molar-refractivity contribution in [3.05, 3.63) is 47.5 Å². The summed E-state index contributed by atoms with van der Waals surface area (Å²) in [4.78, 5) is 4.02. The molecular weight excluding hydrogens is 345 g/mol. The van der Waals surface area contributed by atoms with Gasteiger partial charge < -0.3 is 14.6 Å². The van der Waals surface area contributed by atoms with E-state index in [2.05, 4.69) is 14.9 Å². The first-order chi connectivity index (χ1) is 9.79. The van der Waals surface area contributed by atoms with Gasteiger partial charge in [0.1, 0.15) is 5.75 Å². The molecule has 7 heteroatoms. The molecular formula is C15H22Cl3N3O. The van der Waals surface area contributed by atoms with Crippen LogP contribution in [-0.2, 0) is 13.1 Å². The molecule has 1 heterocycles. The third kappa shape index (κ3) is 6.88. The summed E-state index contributed by atoms with van der Waals surface area (Å²) < 4.78 is 7.49. The molecule has 124 valence electrons. The van der Waals surface area contributed by atoms with Crippen molar-refractivity contribution in [2.75, 3.05) is 13.2 Å². The quantitative estimate of drug-likeness (QED) is 0.719. The van der Waals surface area contributed by atoms with Gasteiger partial charge in [-0.1, -0.05) is 17.7 Å². The first kappa shape index (κ1) is 21.1. The highest BCUT2D eigenvalue weighted by Gasteiger charge is 2.02. The summed E-state index contributed by atoms with van der Waals surface area (Å²) in [7, 11) is 0. The summed E-state index contributed by atoms with van der Waals surface area (Å²) in [6.07, 6.45) is 6.69. The molecule has 0 spiro atoms. The smallest absolute Gasteiger partial charge is 0.137 e. The molecule has 0 saturated heterocycles. The Morgan fingerprint density at radius 3 is 2.77 bits per heavy atom. The molecule has 1 N–H and O–H groups in total. The Bertz CT molecular complexity index is 521. The van der Waals surface area contributed by atoms with Crippen LogP contribution in [0.2, 0.25) is 5.02 Å². The average molecular weight is 367 g/mol. The molecule has 0 unspecified atom stereocenters. The minimum absolute atomic E-state index is 0. The summed E-state index contributed by atoms with van der Waals surface area (Å²) in [5.41, 5.74) is 1.17. The number of hydrogen-bond acceptors (Lipinski definition) is 3. The van der Waals surface area contributed by atoms with Gasteiger partial charge in [0.05, 0.1) is 18.0 Å². The fourth-order valence-corrected chi connectivity index (χ4v) is 2.22. The van der Waals surface area contributed by atoms with Gasteiger partial charge in [0.2, 0.25) is 0 Å². The molecule has 0 bridgehead atoms. The fourth-order valence-electron chi connectivity index (χ4n) is 1.97. The van der Waals surface area contributed by atoms with E-state index in [0.29, 0.717) is 11.6 Å². The number of nitrogens with zero attached hydrogens (tertiary/aromatic N) is 2. The molecule has 2 rings (SSSR count). The van der Waals surface area contributed by atoms with Crippen LogP contribution < -0.4 is 10.1 Å². The maximum absolute atomic E-state index is 6.15. The first-order valence-electron chi connectivity index (χ1n) is 6.87. The van der Waals surface area contributed by atoms with Crippen LogP contribution in [0.1, 0.15) is 18.9 Å². The van der Waals surface area contributed by atoms with Crippen molar-refractivity contribution in [1.82, 2.24) is 14.9 Å². The van der Waals surface area contributed by atoms with Gasteiger partial charge in [0.15, 0.2) is 0 Å². The zero-order valence-electron chi connectivity index (χ0n) is 12.5. The van der Waals surface area contributed by atoms with E-state index >= 15 is 0 Å². The third-order valence-corrected chi connectivity index (χ3v) is 3.25. The predicted octanol–water partition coefficient (Wildman–Crippen LogP) is 3.96. The van der Waals surface area contributed by atoms with Crippen LogP contribution in [0.5, 0.6) is 5.75 Å². The molecule has 0 atom stereocenters. The minimum atomic E-state index is 0. The molecule has 0 aliphatic heterocycles. The summed E-state index contributed by atoms with van der Waals surface area (Å²) in [6.45, 7) is 5.34. The van der Waals surface area contributed by atoms with Crippen molar-refractivity contribution in [3.63, 3.8) is 0 Å². The highest BCUT2D eigenvalue weighted by Crippen LogP contribution is 2.25. The fraction of sp³-hybridized carbons (Fsp3) is 0.400. The zero-order chi connectivity index (χ0) is 14.2. The lowest BCUT2D eigenvalue weighted by Crippen LogP contribution is -2.16. The molecule has 0 amide bonds. The van der Waals surface area contributed by atoms with Gasteiger partial charge in [0.25, 0.3) is 0 Å². The summed E-state index contributed by atoms with van der Waals surface area (Å²) in [5, 5.41) is 4.08. The number of ether oxygens (including phenoxy) is 1. The maximum atomic E-state index is 6.15. The van der Waals surface area contributed by atoms with E-state index in [0.717, 1.165) is 31.8 Å². The van der Waals surface area contributed by atoms with Crippen LogP contribution in [-0.4, -0.2) is 22.7 Å². The van der Waals surface area contributed by atoms with Crippen molar-refractivity contribution in [2.45, 2.75) is 26.4 Å². The average Bonchev–Trinajstić information content (AvgIpc) is 2.95. The van der Waals surface area contributed by atoms with Crippen LogP contribution in [0, 0.1) is 0 Å². The molecule has 0 fully saturated rings. The van der Waals surface area contributed by atoms with E-state index in [4.69, 9.17) is 16.3 Å². The van der Waals surface area contributed by atoms with Crippen LogP contribution in [0.3, 0.4) is 0 Å². The Balaban J connectivity index is 0.00000220. The molecule has 0 aliphatic carbocycles. The lowest BCUT2D eigenvalue weighted by atomic mass is 10.2. The topological polar surface area (TPSA) is 39.1 Å². The number of hydrogen-bond donors (Lipinski definition) is 1. The Hall–Kier alpha value is -0.940. The summed E-state index contributed by atoms with van der Waals surface area (Å²) in [6, 6.07) is 5.92. The van der Waals surface area contributed by atoms with E-state index in [-0.39, 0.29) is 24.8 Å². The minimum Gasteiger partial charge on any atom is -0.492 e. The van der Waals surface area contributed by atoms with Crippen molar-refractivity contribution in [2.24, 2.45) is 0 Å². The molecule has 0 radical (unpaired) electrons. The first-order valence-corrected chi connectivity index (χ1v) is 7.25. The van der Waals surface area contributed by atoms with Crippen molar-refractivity contribution in [3.8, 4) is 5.75 Å². The van der Waals surface area contributed by atoms with E-state index in [9.17, 15) is 0 Å². The second kappa shape index (κ2) is 11.6. The number of nitrogens with one attached hydrogen (secondary N) is 1. The molecule has 1 aromatic carbocycles. The van der Waals surface area contributed by atoms with E-state index in [1.54, 1.807) is 6.20 Å². The van der Waals surface area contributed by atoms with E-state index < -0.39 is 0 Å². The van der Waals surface area contributed by atoms with Crippen molar-refractivity contribution >= 4 is 36.4 Å². The second-order valence-electron chi connectivity index (χ2n) is 4.53. The maximum Gasteiger partial charge on any atom is 0.137 e. The van der Waals surface area contributed by atoms with Crippen LogP contribution >= 0.6 is 36.4 Å². The number of benzene rings is 1. The summed E-state index contributed by atoms with van der Waals surface area (Å²) >= 11 is 6.15. The second-order valence-corrected chi connectivity index (χ2v) is 4.94. The van der Waals surface area contributed by atoms with Crippen LogP contribution in [0.4, 0.5) is 0 Å². The number of aryl methyl sites for hydroxylation is 1. The van der Waals surface area contributed by atoms with E-state index in [1.165, 1.54) is 5.56 Å². The monoisotopic (exact) mass is 365 g/mol. The zero-order valence-corrected chi connectivity index (χ0v) is 14.9. The molecule has 1 aromatic heterocycles. The van der Waals surface area contributed by atoms with Gasteiger partial charge in [-0.25, -0.2) is 4.98 Å². The van der Waals surface area contributed by atoms with Crippen molar-refractivity contribution < 1.29 is 4.74 Å². The largest absolute Gasteiger partial charge is 0.492 e. The van der Waals surface area contributed by atoms with Gasteiger partial charge in [0, 0.05) is 25.5 Å². The third-order valence-electron chi connectivity index (χ3n) is 2.95. The number of rotatable bonds is 8. The number of halogens is 3. The number of aromatic nitrogens is 2. The molecule has 0 aliphatic rings. The normalized spacial score (nSPS) is 9.73. The van der Waals surface area contributed by atoms with Crippen LogP contribution in [0.15, 0.2) is 36.9 Å². The molecule has 0 saturated carbocycles. The summed E-state index contributed by atoms with van der Waals surface area (Å²) in [5.74, 6) is 0.748. The van der Waals surface area contributed by atoms with E-state index in [1.807, 2.05) is 37.6 Å². The Morgan fingerprint density at radius 1 is 1.32 bits per heavy atom. The van der Waals surface area contributed by atoms with Gasteiger partial charge in [-0.3, -0.25) is 0 Å². The van der Waals surface area contributed by atoms with Gasteiger partial charge in [-0.2, -0.15) is 0 Å². The molecule has 22 heavy (non-hydrogen) atoms. The lowest BCUT2D eigenvalue weighted by molar-refractivity contribution is 0.340. The molecule has 4 nitrogen and oxygen atoms in total. The van der Waals surface area contributed by atoms with Gasteiger partial charge in [-0.15, -0.1) is 24.8 Å². The predicted molar refractivity (Wildman–Crippen MR) is 95.7 cm³/mol. The Labute approximate surface area is 149 Å². The standard InChI is InChI=1S/C15H20ClN3O.2ClH/c1-2-20-15-5-4-13(10-14(15)16)11-17-6-3-8-19-9-7-18-12-19;;/h4-5,7,9-10,12,17H,2-3,6,8,11H2,1H3;2*1H. The lowest BCUT2D eigenvalue weighted by Gasteiger charge is -2.09. The Kier molecular flexibility index (Phi) is 11.1. The Morgan fingerprint density at radius 2 is 2.14 bits per heavy atom. The van der Waals surface area contributed by atoms with Gasteiger partial charge in [-0.05, 0) is 37.6 Å². The van der Waals surface area contributed by atoms with Crippen molar-refractivity contribution in [1.29, 1.82) is 0 Å². The highest BCUT2D eigenvalue weighted by atomic mass is 35.5. The van der Waals surface area contributed by atoms with Crippen LogP contribution in [0.25, 0.3) is 0 Å². The molecule has 2 aromatic rings.